The molecule has 0 spiro atoms. The number of aliphatic carboxylic acids is 1. The minimum Gasteiger partial charge on any atom is -0.480 e. The van der Waals surface area contributed by atoms with Crippen LogP contribution in [0.5, 0.6) is 0 Å². The standard InChI is InChI=1S/C11H21N3O3/c1-12-4-2-3-10(15)14-7-5-13(6-8-14)9-11(16)17/h12H,2-9H2,1H3,(H,16,17). The maximum absolute atomic E-state index is 11.8. The average Bonchev–Trinajstić information content (AvgIpc) is 2.29. The quantitative estimate of drug-likeness (QED) is 0.598. The lowest BCUT2D eigenvalue weighted by atomic mass is 10.2. The van der Waals surface area contributed by atoms with Crippen LogP contribution in [0, 0.1) is 0 Å². The maximum atomic E-state index is 11.8. The molecule has 98 valence electrons. The number of amides is 1. The second-order valence-corrected chi connectivity index (χ2v) is 4.26. The molecule has 1 aliphatic rings. The molecule has 0 aliphatic carbocycles. The molecule has 1 amide bonds. The SMILES string of the molecule is CNCCCC(=O)N1CCN(CC(=O)O)CC1. The number of carboxylic acids is 1. The van der Waals surface area contributed by atoms with Gasteiger partial charge in [0.2, 0.25) is 5.91 Å². The molecule has 17 heavy (non-hydrogen) atoms. The van der Waals surface area contributed by atoms with Gasteiger partial charge in [-0.15, -0.1) is 0 Å². The molecular weight excluding hydrogens is 222 g/mol. The second kappa shape index (κ2) is 7.24. The topological polar surface area (TPSA) is 72.9 Å². The predicted octanol–water partition coefficient (Wildman–Crippen LogP) is -0.785. The van der Waals surface area contributed by atoms with E-state index >= 15 is 0 Å². The fourth-order valence-corrected chi connectivity index (χ4v) is 1.92. The average molecular weight is 243 g/mol. The van der Waals surface area contributed by atoms with Crippen molar-refractivity contribution in [2.75, 3.05) is 46.3 Å². The monoisotopic (exact) mass is 243 g/mol. The zero-order valence-corrected chi connectivity index (χ0v) is 10.3. The van der Waals surface area contributed by atoms with Crippen molar-refractivity contribution in [3.05, 3.63) is 0 Å². The molecule has 1 heterocycles. The van der Waals surface area contributed by atoms with E-state index in [0.717, 1.165) is 13.0 Å². The molecule has 1 saturated heterocycles. The molecule has 1 aliphatic heterocycles. The van der Waals surface area contributed by atoms with Crippen LogP contribution in [0.25, 0.3) is 0 Å². The van der Waals surface area contributed by atoms with Crippen LogP contribution in [-0.2, 0) is 9.59 Å². The summed E-state index contributed by atoms with van der Waals surface area (Å²) in [5.74, 6) is -0.631. The van der Waals surface area contributed by atoms with Crippen LogP contribution in [0.3, 0.4) is 0 Å². The van der Waals surface area contributed by atoms with Crippen LogP contribution < -0.4 is 5.32 Å². The molecule has 0 unspecified atom stereocenters. The van der Waals surface area contributed by atoms with Gasteiger partial charge < -0.3 is 15.3 Å². The summed E-state index contributed by atoms with van der Waals surface area (Å²) >= 11 is 0. The first-order valence-electron chi connectivity index (χ1n) is 6.00. The highest BCUT2D eigenvalue weighted by Gasteiger charge is 2.21. The maximum Gasteiger partial charge on any atom is 0.317 e. The summed E-state index contributed by atoms with van der Waals surface area (Å²) in [6.45, 7) is 3.53. The largest absolute Gasteiger partial charge is 0.480 e. The van der Waals surface area contributed by atoms with Crippen molar-refractivity contribution in [1.82, 2.24) is 15.1 Å². The van der Waals surface area contributed by atoms with Crippen LogP contribution in [0.4, 0.5) is 0 Å². The van der Waals surface area contributed by atoms with Crippen LogP contribution in [0.15, 0.2) is 0 Å². The number of hydrogen-bond acceptors (Lipinski definition) is 4. The van der Waals surface area contributed by atoms with E-state index in [9.17, 15) is 9.59 Å². The van der Waals surface area contributed by atoms with Crippen molar-refractivity contribution in [2.45, 2.75) is 12.8 Å². The number of nitrogens with one attached hydrogen (secondary N) is 1. The number of nitrogens with zero attached hydrogens (tertiary/aromatic N) is 2. The van der Waals surface area contributed by atoms with E-state index in [1.807, 2.05) is 16.8 Å². The molecular formula is C11H21N3O3. The molecule has 0 saturated carbocycles. The van der Waals surface area contributed by atoms with Crippen LogP contribution in [0.1, 0.15) is 12.8 Å². The predicted molar refractivity (Wildman–Crippen MR) is 63.8 cm³/mol. The Hall–Kier alpha value is -1.14. The Labute approximate surface area is 102 Å². The Bertz CT molecular complexity index is 263. The van der Waals surface area contributed by atoms with Gasteiger partial charge in [-0.3, -0.25) is 14.5 Å². The summed E-state index contributed by atoms with van der Waals surface area (Å²) in [5.41, 5.74) is 0. The summed E-state index contributed by atoms with van der Waals surface area (Å²) in [7, 11) is 1.87. The van der Waals surface area contributed by atoms with Gasteiger partial charge in [-0.25, -0.2) is 0 Å². The fraction of sp³-hybridized carbons (Fsp3) is 0.818. The van der Waals surface area contributed by atoms with E-state index in [4.69, 9.17) is 5.11 Å². The summed E-state index contributed by atoms with van der Waals surface area (Å²) in [5, 5.41) is 11.7. The first-order valence-corrected chi connectivity index (χ1v) is 6.00. The Morgan fingerprint density at radius 3 is 2.41 bits per heavy atom. The van der Waals surface area contributed by atoms with Crippen molar-refractivity contribution in [3.8, 4) is 0 Å². The zero-order valence-electron chi connectivity index (χ0n) is 10.3. The van der Waals surface area contributed by atoms with Crippen molar-refractivity contribution in [3.63, 3.8) is 0 Å². The molecule has 1 fully saturated rings. The van der Waals surface area contributed by atoms with Gasteiger partial charge in [-0.2, -0.15) is 0 Å². The molecule has 0 bridgehead atoms. The molecule has 0 aromatic heterocycles. The molecule has 0 aromatic rings. The van der Waals surface area contributed by atoms with Crippen molar-refractivity contribution >= 4 is 11.9 Å². The van der Waals surface area contributed by atoms with E-state index in [0.29, 0.717) is 32.6 Å². The van der Waals surface area contributed by atoms with Crippen LogP contribution in [0.2, 0.25) is 0 Å². The Balaban J connectivity index is 2.21. The number of hydrogen-bond donors (Lipinski definition) is 2. The molecule has 6 nitrogen and oxygen atoms in total. The van der Waals surface area contributed by atoms with Gasteiger partial charge in [-0.1, -0.05) is 0 Å². The number of rotatable bonds is 6. The lowest BCUT2D eigenvalue weighted by Gasteiger charge is -2.33. The summed E-state index contributed by atoms with van der Waals surface area (Å²) in [6, 6.07) is 0. The highest BCUT2D eigenvalue weighted by Crippen LogP contribution is 2.04. The van der Waals surface area contributed by atoms with Crippen LogP contribution in [-0.4, -0.2) is 73.1 Å². The van der Waals surface area contributed by atoms with Gasteiger partial charge in [0.1, 0.15) is 0 Å². The second-order valence-electron chi connectivity index (χ2n) is 4.26. The third-order valence-corrected chi connectivity index (χ3v) is 2.90. The van der Waals surface area contributed by atoms with Gasteiger partial charge in [-0.05, 0) is 20.0 Å². The highest BCUT2D eigenvalue weighted by molar-refractivity contribution is 5.76. The molecule has 0 radical (unpaired) electrons. The van der Waals surface area contributed by atoms with Gasteiger partial charge in [0.15, 0.2) is 0 Å². The Morgan fingerprint density at radius 1 is 1.24 bits per heavy atom. The zero-order chi connectivity index (χ0) is 12.7. The highest BCUT2D eigenvalue weighted by atomic mass is 16.4. The first-order chi connectivity index (χ1) is 8.13. The summed E-state index contributed by atoms with van der Waals surface area (Å²) in [6.07, 6.45) is 1.42. The normalized spacial score (nSPS) is 17.1. The lowest BCUT2D eigenvalue weighted by Crippen LogP contribution is -2.49. The van der Waals surface area contributed by atoms with Crippen LogP contribution >= 0.6 is 0 Å². The van der Waals surface area contributed by atoms with E-state index < -0.39 is 5.97 Å². The lowest BCUT2D eigenvalue weighted by molar-refractivity contribution is -0.139. The number of carboxylic acid groups (broad SMARTS) is 1. The van der Waals surface area contributed by atoms with E-state index in [1.165, 1.54) is 0 Å². The molecule has 6 heteroatoms. The minimum atomic E-state index is -0.807. The van der Waals surface area contributed by atoms with Gasteiger partial charge >= 0.3 is 5.97 Å². The third-order valence-electron chi connectivity index (χ3n) is 2.90. The van der Waals surface area contributed by atoms with Gasteiger partial charge in [0.25, 0.3) is 0 Å². The van der Waals surface area contributed by atoms with E-state index in [2.05, 4.69) is 5.32 Å². The summed E-state index contributed by atoms with van der Waals surface area (Å²) < 4.78 is 0. The Kier molecular flexibility index (Phi) is 5.93. The summed E-state index contributed by atoms with van der Waals surface area (Å²) in [4.78, 5) is 26.0. The molecule has 2 N–H and O–H groups in total. The smallest absolute Gasteiger partial charge is 0.317 e. The fourth-order valence-electron chi connectivity index (χ4n) is 1.92. The van der Waals surface area contributed by atoms with Gasteiger partial charge in [0.05, 0.1) is 6.54 Å². The van der Waals surface area contributed by atoms with E-state index in [-0.39, 0.29) is 12.5 Å². The van der Waals surface area contributed by atoms with Crippen molar-refractivity contribution in [1.29, 1.82) is 0 Å². The van der Waals surface area contributed by atoms with Crippen molar-refractivity contribution < 1.29 is 14.7 Å². The Morgan fingerprint density at radius 2 is 1.88 bits per heavy atom. The van der Waals surface area contributed by atoms with Crippen molar-refractivity contribution in [2.24, 2.45) is 0 Å². The third kappa shape index (κ3) is 5.14. The first kappa shape index (κ1) is 13.9. The van der Waals surface area contributed by atoms with Gasteiger partial charge in [0, 0.05) is 32.6 Å². The van der Waals surface area contributed by atoms with E-state index in [1.54, 1.807) is 0 Å². The molecule has 0 aromatic carbocycles. The minimum absolute atomic E-state index is 0.0712. The molecule has 1 rings (SSSR count). The number of carbonyl (C=O) groups excluding carboxylic acids is 1. The number of piperazine rings is 1. The number of carbonyl (C=O) groups is 2. The molecule has 0 atom stereocenters.